The van der Waals surface area contributed by atoms with E-state index in [1.807, 2.05) is 11.8 Å². The maximum absolute atomic E-state index is 12.8. The Kier molecular flexibility index (Phi) is 39.2. The molecule has 0 spiro atoms. The number of amides is 4. The summed E-state index contributed by atoms with van der Waals surface area (Å²) in [6, 6.07) is 0.301. The van der Waals surface area contributed by atoms with Crippen LogP contribution in [-0.4, -0.2) is 91.9 Å². The van der Waals surface area contributed by atoms with Gasteiger partial charge in [0.05, 0.1) is 25.3 Å². The number of carbonyl (C=O) groups is 5. The van der Waals surface area contributed by atoms with E-state index in [9.17, 15) is 33.4 Å². The van der Waals surface area contributed by atoms with Crippen molar-refractivity contribution >= 4 is 49.4 Å². The van der Waals surface area contributed by atoms with E-state index in [0.717, 1.165) is 76.4 Å². The van der Waals surface area contributed by atoms with Gasteiger partial charge in [0.25, 0.3) is 7.82 Å². The van der Waals surface area contributed by atoms with Crippen LogP contribution < -0.4 is 26.2 Å². The number of unbranched alkanes of at least 4 members (excludes halogenated alkanes) is 27. The van der Waals surface area contributed by atoms with Crippen LogP contribution in [0.1, 0.15) is 245 Å². The van der Waals surface area contributed by atoms with Gasteiger partial charge in [0.2, 0.25) is 11.8 Å². The predicted molar refractivity (Wildman–Crippen MR) is 279 cm³/mol. The van der Waals surface area contributed by atoms with E-state index < -0.39 is 32.5 Å². The first kappa shape index (κ1) is 63.7. The number of esters is 2. The maximum atomic E-state index is 12.8. The number of rotatable bonds is 49. The third-order valence-electron chi connectivity index (χ3n) is 13.3. The first-order valence-electron chi connectivity index (χ1n) is 28.2. The topological polar surface area (TPSA) is 211 Å². The van der Waals surface area contributed by atoms with Gasteiger partial charge in [0.15, 0.2) is 6.10 Å². The number of carbonyl (C=O) groups excluding carboxylic acids is 5. The zero-order chi connectivity index (χ0) is 50.8. The minimum atomic E-state index is -4.84. The van der Waals surface area contributed by atoms with Gasteiger partial charge in [-0.25, -0.2) is 4.79 Å². The number of fused-ring (bicyclic) bond motifs is 1. The average Bonchev–Trinajstić information content (AvgIpc) is 3.90. The van der Waals surface area contributed by atoms with Gasteiger partial charge >= 0.3 is 18.0 Å². The monoisotopic (exact) mass is 1030 g/mol. The molecule has 70 heavy (non-hydrogen) atoms. The lowest BCUT2D eigenvalue weighted by Gasteiger charge is -2.25. The van der Waals surface area contributed by atoms with E-state index in [1.54, 1.807) is 0 Å². The summed E-state index contributed by atoms with van der Waals surface area (Å²) >= 11 is 1.88. The molecule has 4 amide bonds. The minimum Gasteiger partial charge on any atom is -0.756 e. The largest absolute Gasteiger partial charge is 0.756 e. The van der Waals surface area contributed by atoms with E-state index in [1.165, 1.54) is 116 Å². The summed E-state index contributed by atoms with van der Waals surface area (Å²) in [6.45, 7) is 3.73. The highest BCUT2D eigenvalue weighted by Gasteiger charge is 2.42. The van der Waals surface area contributed by atoms with Crippen LogP contribution >= 0.6 is 19.6 Å². The molecule has 0 bridgehead atoms. The first-order chi connectivity index (χ1) is 34.0. The average molecular weight is 1030 g/mol. The molecule has 4 N–H and O–H groups in total. The summed E-state index contributed by atoms with van der Waals surface area (Å²) < 4.78 is 33.7. The molecule has 0 aromatic carbocycles. The molecule has 5 atom stereocenters. The summed E-state index contributed by atoms with van der Waals surface area (Å²) in [5.74, 6) is -0.238. The molecular formula is C53H98N4O11PS-. The molecule has 2 rings (SSSR count). The van der Waals surface area contributed by atoms with Crippen LogP contribution in [0.3, 0.4) is 0 Å². The highest BCUT2D eigenvalue weighted by Crippen LogP contribution is 2.38. The summed E-state index contributed by atoms with van der Waals surface area (Å²) in [5, 5.41) is 11.9. The zero-order valence-electron chi connectivity index (χ0n) is 43.9. The minimum absolute atomic E-state index is 0.0146. The highest BCUT2D eigenvalue weighted by atomic mass is 32.2. The van der Waals surface area contributed by atoms with Crippen LogP contribution in [0.4, 0.5) is 4.79 Å². The van der Waals surface area contributed by atoms with E-state index in [0.29, 0.717) is 37.5 Å². The molecule has 0 aliphatic carbocycles. The van der Waals surface area contributed by atoms with Crippen molar-refractivity contribution in [3.8, 4) is 0 Å². The lowest BCUT2D eigenvalue weighted by molar-refractivity contribution is -0.228. The van der Waals surface area contributed by atoms with Crippen molar-refractivity contribution in [2.45, 2.75) is 268 Å². The molecule has 2 saturated heterocycles. The van der Waals surface area contributed by atoms with Crippen LogP contribution in [0, 0.1) is 0 Å². The van der Waals surface area contributed by atoms with E-state index in [2.05, 4.69) is 35.1 Å². The summed E-state index contributed by atoms with van der Waals surface area (Å²) in [5.41, 5.74) is 0. The Morgan fingerprint density at radius 3 is 1.59 bits per heavy atom. The van der Waals surface area contributed by atoms with Crippen LogP contribution in [0.5, 0.6) is 0 Å². The third-order valence-corrected chi connectivity index (χ3v) is 15.7. The van der Waals surface area contributed by atoms with E-state index in [4.69, 9.17) is 18.5 Å². The number of hydrogen-bond acceptors (Lipinski definition) is 12. The normalized spacial score (nSPS) is 17.6. The molecule has 0 saturated carbocycles. The van der Waals surface area contributed by atoms with Crippen molar-refractivity contribution in [3.63, 3.8) is 0 Å². The molecule has 2 heterocycles. The molecular weight excluding hydrogens is 932 g/mol. The second-order valence-electron chi connectivity index (χ2n) is 19.7. The summed E-state index contributed by atoms with van der Waals surface area (Å²) in [4.78, 5) is 74.2. The fourth-order valence-corrected chi connectivity index (χ4v) is 11.3. The van der Waals surface area contributed by atoms with Gasteiger partial charge in [-0.1, -0.05) is 181 Å². The van der Waals surface area contributed by atoms with Gasteiger partial charge in [-0.3, -0.25) is 23.7 Å². The Bertz CT molecular complexity index is 1430. The first-order valence-corrected chi connectivity index (χ1v) is 30.7. The molecule has 2 aliphatic rings. The van der Waals surface area contributed by atoms with Gasteiger partial charge in [0, 0.05) is 49.8 Å². The van der Waals surface area contributed by atoms with Crippen LogP contribution in [0.2, 0.25) is 0 Å². The number of hydrogen-bond donors (Lipinski definition) is 4. The molecule has 0 radical (unpaired) electrons. The molecule has 15 nitrogen and oxygen atoms in total. The third kappa shape index (κ3) is 35.7. The van der Waals surface area contributed by atoms with Crippen molar-refractivity contribution in [1.82, 2.24) is 21.3 Å². The molecule has 2 fully saturated rings. The van der Waals surface area contributed by atoms with Gasteiger partial charge in [-0.2, -0.15) is 11.8 Å². The standard InChI is InChI=1S/C53H99N4O11PS/c1-3-5-7-9-11-13-15-17-19-21-23-25-29-37-50(60)65-42-45(68-51(61)38-30-26-24-22-20-18-16-14-12-10-8-6-4-2)43-67-69(63,64)66-41-40-55-49(59)35-28-27-33-39-54-48(58)36-32-31-34-47-52-46(44-70-47)56-53(62)57-52/h45-47,52H,3-44H2,1-2H3,(H,54,58)(H,55,59)(H,63,64)(H2,56,57,62)/p-1. The number of phosphoric acid groups is 1. The number of nitrogens with one attached hydrogen (secondary N) is 4. The number of ether oxygens (including phenoxy) is 2. The number of thioether (sulfide) groups is 1. The molecule has 0 aromatic rings. The van der Waals surface area contributed by atoms with Crippen LogP contribution in [-0.2, 0) is 42.3 Å². The van der Waals surface area contributed by atoms with Crippen molar-refractivity contribution in [2.75, 3.05) is 38.7 Å². The second-order valence-corrected chi connectivity index (χ2v) is 22.4. The Morgan fingerprint density at radius 2 is 1.04 bits per heavy atom. The zero-order valence-corrected chi connectivity index (χ0v) is 45.6. The van der Waals surface area contributed by atoms with E-state index >= 15 is 0 Å². The fourth-order valence-electron chi connectivity index (χ4n) is 9.02. The SMILES string of the molecule is CCCCCCCCCCCCCCCC(=O)OCC(COP(=O)([O-])OCCNC(=O)CCCCCNC(=O)CCCCC1SCC2NC(=O)NC21)OC(=O)CCCCCCCCCCCCCCC. The van der Waals surface area contributed by atoms with E-state index in [-0.39, 0.29) is 69.0 Å². The van der Waals surface area contributed by atoms with Crippen molar-refractivity contribution in [2.24, 2.45) is 0 Å². The molecule has 0 aromatic heterocycles. The highest BCUT2D eigenvalue weighted by molar-refractivity contribution is 8.00. The van der Waals surface area contributed by atoms with Crippen molar-refractivity contribution < 1.29 is 52.0 Å². The lowest BCUT2D eigenvalue weighted by Crippen LogP contribution is -2.36. The smallest absolute Gasteiger partial charge is 0.315 e. The fraction of sp³-hybridized carbons (Fsp3) is 0.906. The Balaban J connectivity index is 1.59. The van der Waals surface area contributed by atoms with Crippen molar-refractivity contribution in [1.29, 1.82) is 0 Å². The molecule has 17 heteroatoms. The van der Waals surface area contributed by atoms with Crippen LogP contribution in [0.25, 0.3) is 0 Å². The quantitative estimate of drug-likeness (QED) is 0.0194. The second kappa shape index (κ2) is 43.1. The number of phosphoric ester groups is 1. The maximum Gasteiger partial charge on any atom is 0.315 e. The molecule has 2 aliphatic heterocycles. The lowest BCUT2D eigenvalue weighted by atomic mass is 10.0. The molecule has 408 valence electrons. The Morgan fingerprint density at radius 1 is 0.586 bits per heavy atom. The Hall–Kier alpha value is -2.39. The summed E-state index contributed by atoms with van der Waals surface area (Å²) in [6.07, 6.45) is 35.7. The van der Waals surface area contributed by atoms with Crippen molar-refractivity contribution in [3.05, 3.63) is 0 Å². The van der Waals surface area contributed by atoms with Gasteiger partial charge < -0.3 is 44.7 Å². The molecule has 5 unspecified atom stereocenters. The summed E-state index contributed by atoms with van der Waals surface area (Å²) in [7, 11) is -4.84. The Labute approximate surface area is 428 Å². The van der Waals surface area contributed by atoms with Gasteiger partial charge in [0.1, 0.15) is 6.61 Å². The van der Waals surface area contributed by atoms with Gasteiger partial charge in [-0.15, -0.1) is 0 Å². The number of urea groups is 1. The van der Waals surface area contributed by atoms with Crippen LogP contribution in [0.15, 0.2) is 0 Å². The predicted octanol–water partition coefficient (Wildman–Crippen LogP) is 11.4. The van der Waals surface area contributed by atoms with Gasteiger partial charge in [-0.05, 0) is 38.5 Å².